The van der Waals surface area contributed by atoms with E-state index in [1.807, 2.05) is 36.4 Å². The Labute approximate surface area is 171 Å². The molecule has 2 aliphatic heterocycles. The highest BCUT2D eigenvalue weighted by molar-refractivity contribution is 9.10. The van der Waals surface area contributed by atoms with E-state index in [9.17, 15) is 0 Å². The maximum atomic E-state index is 6.30. The first kappa shape index (κ1) is 18.1. The first-order chi connectivity index (χ1) is 12.6. The quantitative estimate of drug-likeness (QED) is 0.577. The van der Waals surface area contributed by atoms with E-state index in [1.54, 1.807) is 0 Å². The number of piperidine rings is 1. The molecule has 4 nitrogen and oxygen atoms in total. The molecule has 0 saturated carbocycles. The minimum Gasteiger partial charge on any atom is -0.371 e. The van der Waals surface area contributed by atoms with Crippen LogP contribution < -0.4 is 16.0 Å². The van der Waals surface area contributed by atoms with Gasteiger partial charge in [0.15, 0.2) is 0 Å². The molecule has 0 amide bonds. The van der Waals surface area contributed by atoms with E-state index in [-0.39, 0.29) is 5.54 Å². The summed E-state index contributed by atoms with van der Waals surface area (Å²) in [5.41, 5.74) is 2.89. The zero-order valence-electron chi connectivity index (χ0n) is 14.1. The molecule has 0 aromatic heterocycles. The molecule has 7 heteroatoms. The van der Waals surface area contributed by atoms with Crippen LogP contribution in [0.15, 0.2) is 45.9 Å². The topological polar surface area (TPSA) is 48.5 Å². The van der Waals surface area contributed by atoms with Crippen LogP contribution >= 0.6 is 39.1 Å². The summed E-state index contributed by atoms with van der Waals surface area (Å²) in [5.74, 6) is 0.973. The number of hydrogen-bond acceptors (Lipinski definition) is 3. The maximum Gasteiger partial charge on any atom is 0.127 e. The molecule has 1 saturated heterocycles. The van der Waals surface area contributed by atoms with E-state index in [0.29, 0.717) is 11.6 Å². The van der Waals surface area contributed by atoms with Gasteiger partial charge in [0.2, 0.25) is 0 Å². The average Bonchev–Trinajstić information content (AvgIpc) is 2.62. The van der Waals surface area contributed by atoms with E-state index in [4.69, 9.17) is 28.2 Å². The van der Waals surface area contributed by atoms with Crippen LogP contribution in [0.25, 0.3) is 0 Å². The molecule has 0 bridgehead atoms. The van der Waals surface area contributed by atoms with Gasteiger partial charge in [0.1, 0.15) is 5.84 Å². The fourth-order valence-corrected chi connectivity index (χ4v) is 4.25. The van der Waals surface area contributed by atoms with Gasteiger partial charge in [-0.05, 0) is 71.7 Å². The third-order valence-electron chi connectivity index (χ3n) is 4.91. The number of anilines is 2. The normalized spacial score (nSPS) is 19.7. The molecule has 4 rings (SSSR count). The molecule has 0 aliphatic carbocycles. The Morgan fingerprint density at radius 2 is 1.88 bits per heavy atom. The number of halogens is 3. The number of rotatable bonds is 2. The van der Waals surface area contributed by atoms with Crippen molar-refractivity contribution in [2.75, 3.05) is 23.7 Å². The molecular formula is C19H19BrCl2N4. The van der Waals surface area contributed by atoms with Gasteiger partial charge in [-0.2, -0.15) is 0 Å². The SMILES string of the molecule is Clc1cccc(CN=C2Nc3cc(Br)c(Cl)cc3NC23CCNCC3)c1. The van der Waals surface area contributed by atoms with E-state index >= 15 is 0 Å². The van der Waals surface area contributed by atoms with Crippen molar-refractivity contribution in [1.82, 2.24) is 5.32 Å². The van der Waals surface area contributed by atoms with Crippen LogP contribution in [0.4, 0.5) is 11.4 Å². The number of benzene rings is 2. The lowest BCUT2D eigenvalue weighted by Crippen LogP contribution is -2.57. The second-order valence-electron chi connectivity index (χ2n) is 6.69. The molecule has 2 aromatic carbocycles. The zero-order valence-corrected chi connectivity index (χ0v) is 17.2. The molecule has 136 valence electrons. The smallest absolute Gasteiger partial charge is 0.127 e. The second-order valence-corrected chi connectivity index (χ2v) is 8.39. The predicted octanol–water partition coefficient (Wildman–Crippen LogP) is 5.31. The molecule has 0 atom stereocenters. The molecule has 0 unspecified atom stereocenters. The summed E-state index contributed by atoms with van der Waals surface area (Å²) < 4.78 is 0.864. The minimum absolute atomic E-state index is 0.200. The standard InChI is InChI=1S/C19H19BrCl2N4/c20-14-9-16-17(10-15(14)22)26-19(4-6-23-7-5-19)18(25-16)24-11-12-2-1-3-13(21)8-12/h1-3,8-10,23,26H,4-7,11H2,(H,24,25). The molecular weight excluding hydrogens is 435 g/mol. The fraction of sp³-hybridized carbons (Fsp3) is 0.316. The number of hydrogen-bond donors (Lipinski definition) is 3. The first-order valence-electron chi connectivity index (χ1n) is 8.60. The van der Waals surface area contributed by atoms with Gasteiger partial charge in [-0.25, -0.2) is 0 Å². The third kappa shape index (κ3) is 3.58. The van der Waals surface area contributed by atoms with E-state index in [0.717, 1.165) is 58.2 Å². The summed E-state index contributed by atoms with van der Waals surface area (Å²) in [4.78, 5) is 4.93. The average molecular weight is 454 g/mol. The Hall–Kier alpha value is -1.27. The second kappa shape index (κ2) is 7.39. The molecule has 2 aromatic rings. The van der Waals surface area contributed by atoms with Crippen molar-refractivity contribution in [3.8, 4) is 0 Å². The zero-order chi connectivity index (χ0) is 18.1. The summed E-state index contributed by atoms with van der Waals surface area (Å²) in [7, 11) is 0. The molecule has 0 radical (unpaired) electrons. The number of amidine groups is 1. The first-order valence-corrected chi connectivity index (χ1v) is 10.1. The van der Waals surface area contributed by atoms with Gasteiger partial charge in [0.05, 0.1) is 28.5 Å². The maximum absolute atomic E-state index is 6.30. The third-order valence-corrected chi connectivity index (χ3v) is 6.34. The van der Waals surface area contributed by atoms with Gasteiger partial charge in [-0.1, -0.05) is 35.3 Å². The van der Waals surface area contributed by atoms with Crippen molar-refractivity contribution in [2.24, 2.45) is 4.99 Å². The van der Waals surface area contributed by atoms with Crippen molar-refractivity contribution in [3.05, 3.63) is 56.5 Å². The Kier molecular flexibility index (Phi) is 5.15. The molecule has 3 N–H and O–H groups in total. The Morgan fingerprint density at radius 3 is 2.65 bits per heavy atom. The van der Waals surface area contributed by atoms with E-state index in [1.165, 1.54) is 0 Å². The summed E-state index contributed by atoms with van der Waals surface area (Å²) in [6, 6.07) is 11.8. The van der Waals surface area contributed by atoms with Crippen molar-refractivity contribution < 1.29 is 0 Å². The summed E-state index contributed by atoms with van der Waals surface area (Å²) in [6.45, 7) is 2.48. The number of nitrogens with one attached hydrogen (secondary N) is 3. The fourth-order valence-electron chi connectivity index (χ4n) is 3.53. The molecule has 26 heavy (non-hydrogen) atoms. The van der Waals surface area contributed by atoms with Crippen molar-refractivity contribution >= 4 is 56.3 Å². The predicted molar refractivity (Wildman–Crippen MR) is 114 cm³/mol. The van der Waals surface area contributed by atoms with Crippen LogP contribution in [0.3, 0.4) is 0 Å². The Balaban J connectivity index is 1.70. The molecule has 2 heterocycles. The highest BCUT2D eigenvalue weighted by Crippen LogP contribution is 2.40. The minimum atomic E-state index is -0.200. The highest BCUT2D eigenvalue weighted by atomic mass is 79.9. The van der Waals surface area contributed by atoms with Crippen LogP contribution in [0.2, 0.25) is 10.0 Å². The lowest BCUT2D eigenvalue weighted by molar-refractivity contribution is 0.419. The molecule has 2 aliphatic rings. The number of nitrogens with zero attached hydrogens (tertiary/aromatic N) is 1. The number of fused-ring (bicyclic) bond motifs is 1. The summed E-state index contributed by atoms with van der Waals surface area (Å²) >= 11 is 15.9. The van der Waals surface area contributed by atoms with E-state index in [2.05, 4.69) is 31.9 Å². The van der Waals surface area contributed by atoms with Crippen LogP contribution in [-0.2, 0) is 6.54 Å². The van der Waals surface area contributed by atoms with Gasteiger partial charge in [-0.3, -0.25) is 4.99 Å². The van der Waals surface area contributed by atoms with Crippen LogP contribution in [0.1, 0.15) is 18.4 Å². The monoisotopic (exact) mass is 452 g/mol. The van der Waals surface area contributed by atoms with Crippen LogP contribution in [0.5, 0.6) is 0 Å². The largest absolute Gasteiger partial charge is 0.371 e. The van der Waals surface area contributed by atoms with Gasteiger partial charge in [0, 0.05) is 9.50 Å². The van der Waals surface area contributed by atoms with Gasteiger partial charge >= 0.3 is 0 Å². The van der Waals surface area contributed by atoms with Gasteiger partial charge in [0.25, 0.3) is 0 Å². The lowest BCUT2D eigenvalue weighted by Gasteiger charge is -2.44. The Bertz CT molecular complexity index is 863. The summed E-state index contributed by atoms with van der Waals surface area (Å²) in [6.07, 6.45) is 1.92. The lowest BCUT2D eigenvalue weighted by atomic mass is 9.84. The number of aliphatic imine (C=N–C) groups is 1. The van der Waals surface area contributed by atoms with Crippen LogP contribution in [-0.4, -0.2) is 24.5 Å². The van der Waals surface area contributed by atoms with Crippen LogP contribution in [0, 0.1) is 0 Å². The van der Waals surface area contributed by atoms with Gasteiger partial charge in [-0.15, -0.1) is 0 Å². The van der Waals surface area contributed by atoms with E-state index < -0.39 is 0 Å². The molecule has 1 spiro atoms. The Morgan fingerprint density at radius 1 is 1.08 bits per heavy atom. The summed E-state index contributed by atoms with van der Waals surface area (Å²) in [5, 5.41) is 12.1. The van der Waals surface area contributed by atoms with Crippen molar-refractivity contribution in [2.45, 2.75) is 24.9 Å². The highest BCUT2D eigenvalue weighted by Gasteiger charge is 2.41. The van der Waals surface area contributed by atoms with Crippen molar-refractivity contribution in [1.29, 1.82) is 0 Å². The van der Waals surface area contributed by atoms with Gasteiger partial charge < -0.3 is 16.0 Å². The molecule has 1 fully saturated rings. The van der Waals surface area contributed by atoms with Crippen molar-refractivity contribution in [3.63, 3.8) is 0 Å².